The quantitative estimate of drug-likeness (QED) is 0.563. The second-order valence-electron chi connectivity index (χ2n) is 5.57. The van der Waals surface area contributed by atoms with E-state index in [4.69, 9.17) is 0 Å². The Bertz CT molecular complexity index is 1070. The van der Waals surface area contributed by atoms with Crippen molar-refractivity contribution in [2.45, 2.75) is 0 Å². The third-order valence-corrected chi connectivity index (χ3v) is 4.13. The van der Waals surface area contributed by atoms with E-state index in [2.05, 4.69) is 9.71 Å². The normalized spacial score (nSPS) is 11.7. The molecule has 0 amide bonds. The van der Waals surface area contributed by atoms with Gasteiger partial charge >= 0.3 is 0 Å². The summed E-state index contributed by atoms with van der Waals surface area (Å²) in [6, 6.07) is 16.0. The number of hydrogen-bond acceptors (Lipinski definition) is 4. The summed E-state index contributed by atoms with van der Waals surface area (Å²) >= 11 is 0. The molecule has 25 heavy (non-hydrogen) atoms. The number of sulfonamides is 1. The summed E-state index contributed by atoms with van der Waals surface area (Å²) in [6.45, 7) is 0. The van der Waals surface area contributed by atoms with Crippen LogP contribution in [0.5, 0.6) is 0 Å². The smallest absolute Gasteiger partial charge is 0.229 e. The van der Waals surface area contributed by atoms with Crippen molar-refractivity contribution in [3.05, 3.63) is 78.0 Å². The Hall–Kier alpha value is -2.99. The van der Waals surface area contributed by atoms with Crippen LogP contribution in [0.2, 0.25) is 0 Å². The highest BCUT2D eigenvalue weighted by Crippen LogP contribution is 2.19. The van der Waals surface area contributed by atoms with Gasteiger partial charge in [0.1, 0.15) is 0 Å². The molecule has 3 aromatic rings. The highest BCUT2D eigenvalue weighted by molar-refractivity contribution is 7.92. The molecule has 0 atom stereocenters. The fourth-order valence-corrected chi connectivity index (χ4v) is 3.02. The Morgan fingerprint density at radius 1 is 1.08 bits per heavy atom. The van der Waals surface area contributed by atoms with Crippen molar-refractivity contribution in [2.75, 3.05) is 11.0 Å². The van der Waals surface area contributed by atoms with Crippen molar-refractivity contribution in [3.63, 3.8) is 0 Å². The number of anilines is 1. The van der Waals surface area contributed by atoms with Gasteiger partial charge in [0.2, 0.25) is 10.0 Å². The molecule has 0 aliphatic heterocycles. The zero-order valence-corrected chi connectivity index (χ0v) is 14.3. The minimum absolute atomic E-state index is 0.266. The number of allylic oxidation sites excluding steroid dienone is 1. The molecule has 1 N–H and O–H groups in total. The number of nitrogens with zero attached hydrogens (tertiary/aromatic N) is 1. The molecule has 3 rings (SSSR count). The molecule has 0 radical (unpaired) electrons. The fraction of sp³-hybridized carbons (Fsp3) is 0.0526. The standard InChI is InChI=1S/C19H16N2O3S/c1-25(23,24)21-18-7-3-2-6-16(18)19(22)11-9-14-8-10-17-15(13-14)5-4-12-20-17/h2-13,21H,1H3/b11-9+. The minimum Gasteiger partial charge on any atom is -0.289 e. The summed E-state index contributed by atoms with van der Waals surface area (Å²) < 4.78 is 25.2. The zero-order valence-electron chi connectivity index (χ0n) is 13.5. The van der Waals surface area contributed by atoms with Gasteiger partial charge in [0.25, 0.3) is 0 Å². The van der Waals surface area contributed by atoms with Gasteiger partial charge in [-0.15, -0.1) is 0 Å². The van der Waals surface area contributed by atoms with Gasteiger partial charge < -0.3 is 0 Å². The van der Waals surface area contributed by atoms with E-state index in [1.807, 2.05) is 30.3 Å². The van der Waals surface area contributed by atoms with Crippen LogP contribution in [0, 0.1) is 0 Å². The molecule has 126 valence electrons. The number of carbonyl (C=O) groups excluding carboxylic acids is 1. The molecule has 0 saturated heterocycles. The Kier molecular flexibility index (Phi) is 4.63. The van der Waals surface area contributed by atoms with Crippen LogP contribution in [-0.2, 0) is 10.0 Å². The average Bonchev–Trinajstić information content (AvgIpc) is 2.58. The highest BCUT2D eigenvalue weighted by Gasteiger charge is 2.11. The Balaban J connectivity index is 1.87. The van der Waals surface area contributed by atoms with Gasteiger partial charge in [-0.1, -0.05) is 30.3 Å². The third kappa shape index (κ3) is 4.30. The minimum atomic E-state index is -3.46. The first-order chi connectivity index (χ1) is 11.9. The van der Waals surface area contributed by atoms with Crippen LogP contribution in [0.15, 0.2) is 66.9 Å². The maximum atomic E-state index is 12.5. The maximum absolute atomic E-state index is 12.5. The van der Waals surface area contributed by atoms with E-state index in [-0.39, 0.29) is 11.5 Å². The molecular weight excluding hydrogens is 336 g/mol. The molecule has 2 aromatic carbocycles. The number of para-hydroxylation sites is 1. The van der Waals surface area contributed by atoms with Crippen LogP contribution in [0.3, 0.4) is 0 Å². The van der Waals surface area contributed by atoms with Gasteiger partial charge in [0.05, 0.1) is 17.5 Å². The predicted octanol–water partition coefficient (Wildman–Crippen LogP) is 3.50. The molecule has 1 heterocycles. The molecule has 5 nitrogen and oxygen atoms in total. The number of hydrogen-bond donors (Lipinski definition) is 1. The molecule has 0 fully saturated rings. The second-order valence-corrected chi connectivity index (χ2v) is 7.32. The van der Waals surface area contributed by atoms with Crippen LogP contribution < -0.4 is 4.72 Å². The van der Waals surface area contributed by atoms with Crippen LogP contribution >= 0.6 is 0 Å². The summed E-state index contributed by atoms with van der Waals surface area (Å²) in [5.74, 6) is -0.280. The lowest BCUT2D eigenvalue weighted by molar-refractivity contribution is 0.104. The molecule has 1 aromatic heterocycles. The molecule has 0 aliphatic carbocycles. The zero-order chi connectivity index (χ0) is 17.9. The van der Waals surface area contributed by atoms with E-state index in [9.17, 15) is 13.2 Å². The predicted molar refractivity (Wildman–Crippen MR) is 100 cm³/mol. The number of ketones is 1. The van der Waals surface area contributed by atoms with E-state index < -0.39 is 10.0 Å². The first-order valence-corrected chi connectivity index (χ1v) is 9.45. The Labute approximate surface area is 146 Å². The van der Waals surface area contributed by atoms with Crippen LogP contribution in [0.4, 0.5) is 5.69 Å². The van der Waals surface area contributed by atoms with E-state index >= 15 is 0 Å². The summed E-state index contributed by atoms with van der Waals surface area (Å²) in [5.41, 5.74) is 2.31. The SMILES string of the molecule is CS(=O)(=O)Nc1ccccc1C(=O)/C=C/c1ccc2ncccc2c1. The van der Waals surface area contributed by atoms with Crippen molar-refractivity contribution in [2.24, 2.45) is 0 Å². The number of rotatable bonds is 5. The van der Waals surface area contributed by atoms with Gasteiger partial charge in [-0.25, -0.2) is 8.42 Å². The molecule has 0 bridgehead atoms. The van der Waals surface area contributed by atoms with E-state index in [0.29, 0.717) is 5.56 Å². The second kappa shape index (κ2) is 6.86. The van der Waals surface area contributed by atoms with E-state index in [1.165, 1.54) is 6.08 Å². The van der Waals surface area contributed by atoms with Gasteiger partial charge in [0, 0.05) is 17.1 Å². The number of benzene rings is 2. The molecule has 0 saturated carbocycles. The first-order valence-electron chi connectivity index (χ1n) is 7.56. The average molecular weight is 352 g/mol. The highest BCUT2D eigenvalue weighted by atomic mass is 32.2. The summed E-state index contributed by atoms with van der Waals surface area (Å²) in [5, 5.41) is 0.983. The van der Waals surface area contributed by atoms with Gasteiger partial charge in [-0.3, -0.25) is 14.5 Å². The van der Waals surface area contributed by atoms with Gasteiger partial charge in [-0.05, 0) is 42.0 Å². The van der Waals surface area contributed by atoms with Crippen LogP contribution in [-0.4, -0.2) is 25.4 Å². The monoisotopic (exact) mass is 352 g/mol. The maximum Gasteiger partial charge on any atom is 0.229 e. The number of pyridine rings is 1. The molecular formula is C19H16N2O3S. The molecule has 0 spiro atoms. The van der Waals surface area contributed by atoms with Crippen molar-refractivity contribution < 1.29 is 13.2 Å². The largest absolute Gasteiger partial charge is 0.289 e. The number of fused-ring (bicyclic) bond motifs is 1. The van der Waals surface area contributed by atoms with E-state index in [1.54, 1.807) is 36.5 Å². The lowest BCUT2D eigenvalue weighted by Gasteiger charge is -2.08. The lowest BCUT2D eigenvalue weighted by Crippen LogP contribution is -2.12. The third-order valence-electron chi connectivity index (χ3n) is 3.54. The topological polar surface area (TPSA) is 76.1 Å². The summed E-state index contributed by atoms with van der Waals surface area (Å²) in [6.07, 6.45) is 5.91. The van der Waals surface area contributed by atoms with Crippen molar-refractivity contribution in [3.8, 4) is 0 Å². The van der Waals surface area contributed by atoms with Crippen molar-refractivity contribution in [1.82, 2.24) is 4.98 Å². The lowest BCUT2D eigenvalue weighted by atomic mass is 10.1. The number of carbonyl (C=O) groups is 1. The van der Waals surface area contributed by atoms with Crippen LogP contribution in [0.1, 0.15) is 15.9 Å². The Morgan fingerprint density at radius 3 is 2.68 bits per heavy atom. The van der Waals surface area contributed by atoms with Crippen molar-refractivity contribution in [1.29, 1.82) is 0 Å². The number of nitrogens with one attached hydrogen (secondary N) is 1. The number of aromatic nitrogens is 1. The first kappa shape index (κ1) is 16.9. The van der Waals surface area contributed by atoms with Crippen molar-refractivity contribution >= 4 is 38.5 Å². The molecule has 6 heteroatoms. The molecule has 0 unspecified atom stereocenters. The van der Waals surface area contributed by atoms with Crippen LogP contribution in [0.25, 0.3) is 17.0 Å². The molecule has 0 aliphatic rings. The van der Waals surface area contributed by atoms with Gasteiger partial charge in [-0.2, -0.15) is 0 Å². The summed E-state index contributed by atoms with van der Waals surface area (Å²) in [4.78, 5) is 16.7. The van der Waals surface area contributed by atoms with E-state index in [0.717, 1.165) is 22.7 Å². The fourth-order valence-electron chi connectivity index (χ4n) is 2.45. The van der Waals surface area contributed by atoms with Gasteiger partial charge in [0.15, 0.2) is 5.78 Å². The summed E-state index contributed by atoms with van der Waals surface area (Å²) in [7, 11) is -3.46. The Morgan fingerprint density at radius 2 is 1.88 bits per heavy atom.